The maximum atomic E-state index is 9.98. The van der Waals surface area contributed by atoms with E-state index in [1.165, 1.54) is 57.4 Å². The van der Waals surface area contributed by atoms with Gasteiger partial charge in [0.15, 0.2) is 0 Å². The molecule has 0 amide bonds. The van der Waals surface area contributed by atoms with Gasteiger partial charge in [-0.25, -0.2) is 0 Å². The SMILES string of the molecule is CCCCCCCCCC/C=C/C=C/C=C/[O]. The Morgan fingerprint density at radius 1 is 0.706 bits per heavy atom. The Kier molecular flexibility index (Phi) is 14.2. The lowest BCUT2D eigenvalue weighted by Crippen LogP contribution is -1.79. The minimum atomic E-state index is 0.795. The second kappa shape index (κ2) is 15.0. The maximum Gasteiger partial charge on any atom is 0.142 e. The van der Waals surface area contributed by atoms with Crippen LogP contribution in [0.25, 0.3) is 0 Å². The van der Waals surface area contributed by atoms with Crippen LogP contribution in [0.15, 0.2) is 36.6 Å². The molecule has 0 spiro atoms. The Labute approximate surface area is 107 Å². The average molecular weight is 235 g/mol. The van der Waals surface area contributed by atoms with E-state index in [0.29, 0.717) is 0 Å². The standard InChI is InChI=1S/C16H27O/c1-2-3-4-5-6-7-8-9-10-11-12-13-14-15-16-17/h11-16H,2-10H2,1H3/b12-11+,14-13+,16-15+. The van der Waals surface area contributed by atoms with Crippen LogP contribution >= 0.6 is 0 Å². The van der Waals surface area contributed by atoms with Gasteiger partial charge in [0, 0.05) is 0 Å². The van der Waals surface area contributed by atoms with Gasteiger partial charge < -0.3 is 0 Å². The van der Waals surface area contributed by atoms with Crippen molar-refractivity contribution in [2.45, 2.75) is 64.7 Å². The van der Waals surface area contributed by atoms with Gasteiger partial charge in [-0.3, -0.25) is 5.11 Å². The van der Waals surface area contributed by atoms with Gasteiger partial charge in [-0.2, -0.15) is 0 Å². The van der Waals surface area contributed by atoms with Gasteiger partial charge in [-0.1, -0.05) is 76.2 Å². The van der Waals surface area contributed by atoms with Crippen molar-refractivity contribution >= 4 is 0 Å². The molecule has 0 aromatic carbocycles. The predicted octanol–water partition coefficient (Wildman–Crippen LogP) is 5.57. The highest BCUT2D eigenvalue weighted by Crippen LogP contribution is 2.09. The quantitative estimate of drug-likeness (QED) is 0.253. The van der Waals surface area contributed by atoms with Crippen LogP contribution in [-0.4, -0.2) is 0 Å². The predicted molar refractivity (Wildman–Crippen MR) is 75.3 cm³/mol. The molecule has 0 unspecified atom stereocenters. The molecule has 0 rings (SSSR count). The highest BCUT2D eigenvalue weighted by Gasteiger charge is 1.89. The molecule has 0 aliphatic carbocycles. The first-order chi connectivity index (χ1) is 8.41. The minimum absolute atomic E-state index is 0.795. The highest BCUT2D eigenvalue weighted by atomic mass is 16.2. The molecule has 0 saturated heterocycles. The summed E-state index contributed by atoms with van der Waals surface area (Å²) in [5.41, 5.74) is 0. The molecule has 17 heavy (non-hydrogen) atoms. The highest BCUT2D eigenvalue weighted by molar-refractivity contribution is 5.09. The van der Waals surface area contributed by atoms with E-state index < -0.39 is 0 Å². The monoisotopic (exact) mass is 235 g/mol. The second-order valence-corrected chi connectivity index (χ2v) is 4.41. The fraction of sp³-hybridized carbons (Fsp3) is 0.625. The van der Waals surface area contributed by atoms with Gasteiger partial charge in [0.1, 0.15) is 6.26 Å². The zero-order valence-electron chi connectivity index (χ0n) is 11.2. The molecule has 1 heteroatoms. The topological polar surface area (TPSA) is 19.9 Å². The fourth-order valence-corrected chi connectivity index (χ4v) is 1.74. The Bertz CT molecular complexity index is 214. The largest absolute Gasteiger partial charge is 0.299 e. The summed E-state index contributed by atoms with van der Waals surface area (Å²) >= 11 is 0. The van der Waals surface area contributed by atoms with Crippen molar-refractivity contribution in [3.05, 3.63) is 36.6 Å². The lowest BCUT2D eigenvalue weighted by Gasteiger charge is -1.99. The summed E-state index contributed by atoms with van der Waals surface area (Å²) in [6.07, 6.45) is 22.3. The zero-order chi connectivity index (χ0) is 12.6. The van der Waals surface area contributed by atoms with Crippen molar-refractivity contribution in [1.82, 2.24) is 0 Å². The minimum Gasteiger partial charge on any atom is -0.299 e. The molecule has 0 fully saturated rings. The van der Waals surface area contributed by atoms with Gasteiger partial charge in [0.05, 0.1) is 0 Å². The lowest BCUT2D eigenvalue weighted by molar-refractivity contribution is 0.352. The number of hydrogen-bond acceptors (Lipinski definition) is 0. The van der Waals surface area contributed by atoms with E-state index in [0.717, 1.165) is 12.7 Å². The van der Waals surface area contributed by atoms with E-state index >= 15 is 0 Å². The molecule has 0 aliphatic heterocycles. The molecular weight excluding hydrogens is 208 g/mol. The van der Waals surface area contributed by atoms with E-state index in [2.05, 4.69) is 13.0 Å². The summed E-state index contributed by atoms with van der Waals surface area (Å²) in [4.78, 5) is 0. The Balaban J connectivity index is 3.12. The fourth-order valence-electron chi connectivity index (χ4n) is 1.74. The second-order valence-electron chi connectivity index (χ2n) is 4.41. The first-order valence-electron chi connectivity index (χ1n) is 7.02. The molecule has 97 valence electrons. The van der Waals surface area contributed by atoms with Gasteiger partial charge >= 0.3 is 0 Å². The van der Waals surface area contributed by atoms with Gasteiger partial charge in [-0.15, -0.1) is 0 Å². The molecular formula is C16H27O. The molecule has 0 heterocycles. The zero-order valence-corrected chi connectivity index (χ0v) is 11.2. The molecule has 0 saturated carbocycles. The summed E-state index contributed by atoms with van der Waals surface area (Å²) in [5.74, 6) is 0. The molecule has 0 aliphatic rings. The van der Waals surface area contributed by atoms with Crippen molar-refractivity contribution in [2.24, 2.45) is 0 Å². The lowest BCUT2D eigenvalue weighted by atomic mass is 10.1. The van der Waals surface area contributed by atoms with Crippen molar-refractivity contribution in [1.29, 1.82) is 0 Å². The molecule has 1 nitrogen and oxygen atoms in total. The van der Waals surface area contributed by atoms with E-state index in [1.807, 2.05) is 12.2 Å². The third-order valence-electron chi connectivity index (χ3n) is 2.77. The number of rotatable bonds is 11. The Hall–Kier alpha value is -0.980. The van der Waals surface area contributed by atoms with Crippen LogP contribution in [0.3, 0.4) is 0 Å². The Morgan fingerprint density at radius 3 is 1.94 bits per heavy atom. The van der Waals surface area contributed by atoms with Crippen LogP contribution in [0.1, 0.15) is 64.7 Å². The summed E-state index contributed by atoms with van der Waals surface area (Å²) < 4.78 is 0. The van der Waals surface area contributed by atoms with Crippen LogP contribution in [0, 0.1) is 0 Å². The van der Waals surface area contributed by atoms with Crippen molar-refractivity contribution in [2.75, 3.05) is 0 Å². The normalized spacial score (nSPS) is 12.3. The molecule has 0 atom stereocenters. The Morgan fingerprint density at radius 2 is 1.29 bits per heavy atom. The number of allylic oxidation sites excluding steroid dienone is 5. The molecule has 0 aromatic rings. The van der Waals surface area contributed by atoms with Gasteiger partial charge in [-0.05, 0) is 18.9 Å². The van der Waals surface area contributed by atoms with Crippen molar-refractivity contribution in [3.63, 3.8) is 0 Å². The van der Waals surface area contributed by atoms with Crippen LogP contribution in [-0.2, 0) is 5.11 Å². The molecule has 0 aromatic heterocycles. The maximum absolute atomic E-state index is 9.98. The smallest absolute Gasteiger partial charge is 0.142 e. The van der Waals surface area contributed by atoms with Crippen LogP contribution in [0.4, 0.5) is 0 Å². The van der Waals surface area contributed by atoms with Crippen LogP contribution < -0.4 is 0 Å². The van der Waals surface area contributed by atoms with Gasteiger partial charge in [0.25, 0.3) is 0 Å². The van der Waals surface area contributed by atoms with E-state index in [1.54, 1.807) is 6.08 Å². The molecule has 1 radical (unpaired) electrons. The number of hydrogen-bond donors (Lipinski definition) is 0. The summed E-state index contributed by atoms with van der Waals surface area (Å²) in [5, 5.41) is 9.98. The van der Waals surface area contributed by atoms with E-state index in [9.17, 15) is 5.11 Å². The summed E-state index contributed by atoms with van der Waals surface area (Å²) in [6.45, 7) is 2.26. The first kappa shape index (κ1) is 16.0. The number of unbranched alkanes of at least 4 members (excludes halogenated alkanes) is 8. The third-order valence-corrected chi connectivity index (χ3v) is 2.77. The molecule has 0 N–H and O–H groups in total. The van der Waals surface area contributed by atoms with Crippen LogP contribution in [0.5, 0.6) is 0 Å². The average Bonchev–Trinajstić information content (AvgIpc) is 2.35. The summed E-state index contributed by atoms with van der Waals surface area (Å²) in [6, 6.07) is 0. The third kappa shape index (κ3) is 15.0. The summed E-state index contributed by atoms with van der Waals surface area (Å²) in [7, 11) is 0. The van der Waals surface area contributed by atoms with Crippen molar-refractivity contribution in [3.8, 4) is 0 Å². The van der Waals surface area contributed by atoms with Crippen molar-refractivity contribution < 1.29 is 5.11 Å². The van der Waals surface area contributed by atoms with E-state index in [4.69, 9.17) is 0 Å². The first-order valence-corrected chi connectivity index (χ1v) is 7.02. The molecule has 0 bridgehead atoms. The van der Waals surface area contributed by atoms with Crippen LogP contribution in [0.2, 0.25) is 0 Å². The van der Waals surface area contributed by atoms with Gasteiger partial charge in [0.2, 0.25) is 0 Å². The van der Waals surface area contributed by atoms with E-state index in [-0.39, 0.29) is 0 Å².